The maximum absolute atomic E-state index is 12.7. The second-order valence-electron chi connectivity index (χ2n) is 8.12. The van der Waals surface area contributed by atoms with Crippen molar-refractivity contribution >= 4 is 67.3 Å². The number of thiocarbonyl (C=S) groups is 1. The van der Waals surface area contributed by atoms with Crippen LogP contribution in [0.1, 0.15) is 34.6 Å². The number of hydrogen-bond donors (Lipinski definition) is 2. The van der Waals surface area contributed by atoms with Crippen LogP contribution in [0.25, 0.3) is 10.2 Å². The monoisotopic (exact) mass is 529 g/mol. The molecule has 1 amide bonds. The number of carbonyl (C=O) groups is 2. The maximum Gasteiger partial charge on any atom is 0.338 e. The number of esters is 1. The van der Waals surface area contributed by atoms with Gasteiger partial charge in [-0.2, -0.15) is 0 Å². The van der Waals surface area contributed by atoms with Gasteiger partial charge >= 0.3 is 5.97 Å². The molecule has 1 saturated heterocycles. The molecule has 2 heterocycles. The SMILES string of the molecule is CC(C)OC(=O)c1ccc2nc(NC(=S)NC(=O)c3ccc(N4CCOCC4)c([N+](=O)[O-])c3)sc2c1. The molecular formula is C23H23N5O6S2. The minimum atomic E-state index is -0.594. The van der Waals surface area contributed by atoms with E-state index in [1.807, 2.05) is 4.90 Å². The first kappa shape index (κ1) is 25.4. The van der Waals surface area contributed by atoms with Gasteiger partial charge in [0.2, 0.25) is 0 Å². The summed E-state index contributed by atoms with van der Waals surface area (Å²) in [6, 6.07) is 9.32. The summed E-state index contributed by atoms with van der Waals surface area (Å²) in [6.07, 6.45) is -0.232. The number of nitro groups is 1. The molecule has 2 N–H and O–H groups in total. The molecule has 0 aliphatic carbocycles. The van der Waals surface area contributed by atoms with Crippen LogP contribution in [0.15, 0.2) is 36.4 Å². The summed E-state index contributed by atoms with van der Waals surface area (Å²) >= 11 is 6.49. The Balaban J connectivity index is 1.44. The van der Waals surface area contributed by atoms with Crippen molar-refractivity contribution in [2.45, 2.75) is 20.0 Å². The van der Waals surface area contributed by atoms with E-state index in [0.717, 1.165) is 4.70 Å². The summed E-state index contributed by atoms with van der Waals surface area (Å²) in [7, 11) is 0. The van der Waals surface area contributed by atoms with Crippen LogP contribution in [0.3, 0.4) is 0 Å². The Hall–Kier alpha value is -3.68. The quantitative estimate of drug-likeness (QED) is 0.210. The molecule has 4 rings (SSSR count). The van der Waals surface area contributed by atoms with Crippen molar-refractivity contribution in [2.75, 3.05) is 36.5 Å². The molecule has 1 fully saturated rings. The van der Waals surface area contributed by atoms with Crippen LogP contribution in [0, 0.1) is 10.1 Å². The number of aromatic nitrogens is 1. The van der Waals surface area contributed by atoms with E-state index in [2.05, 4.69) is 15.6 Å². The summed E-state index contributed by atoms with van der Waals surface area (Å²) in [4.78, 5) is 42.3. The second-order valence-corrected chi connectivity index (χ2v) is 9.56. The minimum absolute atomic E-state index is 0.0154. The molecule has 1 aliphatic heterocycles. The Morgan fingerprint density at radius 2 is 1.92 bits per heavy atom. The number of nitrogens with zero attached hydrogens (tertiary/aromatic N) is 3. The molecule has 13 heteroatoms. The summed E-state index contributed by atoms with van der Waals surface area (Å²) in [5.74, 6) is -1.02. The number of fused-ring (bicyclic) bond motifs is 1. The van der Waals surface area contributed by atoms with Gasteiger partial charge in [0.25, 0.3) is 11.6 Å². The smallest absolute Gasteiger partial charge is 0.338 e. The summed E-state index contributed by atoms with van der Waals surface area (Å²) in [5, 5.41) is 17.4. The molecule has 0 radical (unpaired) electrons. The van der Waals surface area contributed by atoms with Crippen LogP contribution < -0.4 is 15.5 Å². The highest BCUT2D eigenvalue weighted by atomic mass is 32.1. The van der Waals surface area contributed by atoms with Gasteiger partial charge in [0.15, 0.2) is 10.2 Å². The molecule has 3 aromatic rings. The van der Waals surface area contributed by atoms with Gasteiger partial charge in [-0.3, -0.25) is 20.2 Å². The molecule has 11 nitrogen and oxygen atoms in total. The van der Waals surface area contributed by atoms with Gasteiger partial charge in [-0.05, 0) is 56.4 Å². The number of benzene rings is 2. The number of carbonyl (C=O) groups excluding carboxylic acids is 2. The number of thiazole rings is 1. The molecule has 0 unspecified atom stereocenters. The van der Waals surface area contributed by atoms with Crippen molar-refractivity contribution in [1.29, 1.82) is 0 Å². The van der Waals surface area contributed by atoms with E-state index < -0.39 is 16.8 Å². The number of ether oxygens (including phenoxy) is 2. The molecule has 0 bridgehead atoms. The minimum Gasteiger partial charge on any atom is -0.459 e. The van der Waals surface area contributed by atoms with Gasteiger partial charge in [-0.1, -0.05) is 11.3 Å². The third-order valence-corrected chi connectivity index (χ3v) is 6.34. The molecule has 0 spiro atoms. The van der Waals surface area contributed by atoms with Crippen molar-refractivity contribution in [3.8, 4) is 0 Å². The predicted octanol–water partition coefficient (Wildman–Crippen LogP) is 3.73. The average Bonchev–Trinajstić information content (AvgIpc) is 3.24. The third kappa shape index (κ3) is 5.93. The zero-order valence-corrected chi connectivity index (χ0v) is 21.1. The van der Waals surface area contributed by atoms with Crippen LogP contribution in [0.5, 0.6) is 0 Å². The Labute approximate surface area is 215 Å². The van der Waals surface area contributed by atoms with Gasteiger partial charge < -0.3 is 19.7 Å². The first-order valence-electron chi connectivity index (χ1n) is 11.1. The molecule has 1 aromatic heterocycles. The van der Waals surface area contributed by atoms with E-state index in [1.54, 1.807) is 38.1 Å². The predicted molar refractivity (Wildman–Crippen MR) is 140 cm³/mol. The highest BCUT2D eigenvalue weighted by Gasteiger charge is 2.24. The third-order valence-electron chi connectivity index (χ3n) is 5.20. The fourth-order valence-electron chi connectivity index (χ4n) is 3.57. The second kappa shape index (κ2) is 10.9. The summed E-state index contributed by atoms with van der Waals surface area (Å²) in [5.41, 5.74) is 1.42. The van der Waals surface area contributed by atoms with Crippen LogP contribution in [-0.2, 0) is 9.47 Å². The number of rotatable bonds is 6. The van der Waals surface area contributed by atoms with Gasteiger partial charge in [-0.25, -0.2) is 9.78 Å². The van der Waals surface area contributed by atoms with Gasteiger partial charge in [0.05, 0.1) is 40.0 Å². The molecule has 1 aliphatic rings. The Kier molecular flexibility index (Phi) is 7.72. The first-order chi connectivity index (χ1) is 17.2. The van der Waals surface area contributed by atoms with Crippen LogP contribution in [-0.4, -0.2) is 59.3 Å². The van der Waals surface area contributed by atoms with Crippen LogP contribution in [0.2, 0.25) is 0 Å². The highest BCUT2D eigenvalue weighted by Crippen LogP contribution is 2.30. The molecule has 36 heavy (non-hydrogen) atoms. The van der Waals surface area contributed by atoms with E-state index in [0.29, 0.717) is 48.2 Å². The average molecular weight is 530 g/mol. The van der Waals surface area contributed by atoms with E-state index in [9.17, 15) is 19.7 Å². The van der Waals surface area contributed by atoms with Crippen molar-refractivity contribution < 1.29 is 24.0 Å². The van der Waals surface area contributed by atoms with Crippen molar-refractivity contribution in [2.24, 2.45) is 0 Å². The lowest BCUT2D eigenvalue weighted by Crippen LogP contribution is -2.37. The van der Waals surface area contributed by atoms with Crippen molar-refractivity contribution in [1.82, 2.24) is 10.3 Å². The number of anilines is 2. The summed E-state index contributed by atoms with van der Waals surface area (Å²) in [6.45, 7) is 5.57. The van der Waals surface area contributed by atoms with Gasteiger partial charge in [0.1, 0.15) is 5.69 Å². The number of hydrogen-bond acceptors (Lipinski definition) is 10. The van der Waals surface area contributed by atoms with Gasteiger partial charge in [0, 0.05) is 24.7 Å². The molecule has 188 valence electrons. The molecular weight excluding hydrogens is 506 g/mol. The zero-order chi connectivity index (χ0) is 25.8. The highest BCUT2D eigenvalue weighted by molar-refractivity contribution is 7.80. The topological polar surface area (TPSA) is 136 Å². The first-order valence-corrected chi connectivity index (χ1v) is 12.3. The number of nitrogens with one attached hydrogen (secondary N) is 2. The number of morpholine rings is 1. The van der Waals surface area contributed by atoms with E-state index >= 15 is 0 Å². The fourth-order valence-corrected chi connectivity index (χ4v) is 4.74. The normalized spacial score (nSPS) is 13.5. The lowest BCUT2D eigenvalue weighted by Gasteiger charge is -2.28. The Morgan fingerprint density at radius 1 is 1.19 bits per heavy atom. The summed E-state index contributed by atoms with van der Waals surface area (Å²) < 4.78 is 11.3. The van der Waals surface area contributed by atoms with E-state index in [1.165, 1.54) is 23.5 Å². The maximum atomic E-state index is 12.7. The number of nitro benzene ring substituents is 1. The van der Waals surface area contributed by atoms with Gasteiger partial charge in [-0.15, -0.1) is 0 Å². The van der Waals surface area contributed by atoms with Crippen molar-refractivity contribution in [3.63, 3.8) is 0 Å². The number of amides is 1. The lowest BCUT2D eigenvalue weighted by molar-refractivity contribution is -0.384. The lowest BCUT2D eigenvalue weighted by atomic mass is 10.1. The van der Waals surface area contributed by atoms with Crippen LogP contribution in [0.4, 0.5) is 16.5 Å². The van der Waals surface area contributed by atoms with Crippen LogP contribution >= 0.6 is 23.6 Å². The Bertz CT molecular complexity index is 1340. The fraction of sp³-hybridized carbons (Fsp3) is 0.304. The van der Waals surface area contributed by atoms with Crippen molar-refractivity contribution in [3.05, 3.63) is 57.6 Å². The standard InChI is InChI=1S/C23H23N5O6S2/c1-13(2)34-21(30)15-3-5-16-19(12-15)36-23(24-16)26-22(35)25-20(29)14-4-6-17(18(11-14)28(31)32)27-7-9-33-10-8-27/h3-6,11-13H,7-10H2,1-2H3,(H2,24,25,26,29,35). The molecule has 0 atom stereocenters. The van der Waals surface area contributed by atoms with E-state index in [4.69, 9.17) is 21.7 Å². The Morgan fingerprint density at radius 3 is 2.61 bits per heavy atom. The zero-order valence-electron chi connectivity index (χ0n) is 19.5. The molecule has 2 aromatic carbocycles. The molecule has 0 saturated carbocycles. The van der Waals surface area contributed by atoms with E-state index in [-0.39, 0.29) is 22.5 Å². The largest absolute Gasteiger partial charge is 0.459 e.